The Bertz CT molecular complexity index is 1190. The van der Waals surface area contributed by atoms with Crippen molar-refractivity contribution in [2.24, 2.45) is 0 Å². The number of rotatable bonds is 6. The monoisotopic (exact) mass is 567 g/mol. The topological polar surface area (TPSA) is 97.6 Å². The molecular weight excluding hydrogens is 545 g/mol. The normalized spacial score (nSPS) is 15.0. The van der Waals surface area contributed by atoms with Crippen LogP contribution in [0.25, 0.3) is 0 Å². The molecule has 0 N–H and O–H groups in total. The zero-order valence-electron chi connectivity index (χ0n) is 17.4. The van der Waals surface area contributed by atoms with Gasteiger partial charge in [0.2, 0.25) is 10.0 Å². The third kappa shape index (κ3) is 4.94. The molecule has 2 aromatic carbocycles. The van der Waals surface area contributed by atoms with E-state index in [0.717, 1.165) is 9.13 Å². The Balaban J connectivity index is 1.37. The Hall–Kier alpha value is -2.51. The molecular formula is C21H22IN5O4S. The van der Waals surface area contributed by atoms with Crippen molar-refractivity contribution in [1.82, 2.24) is 24.2 Å². The molecule has 0 aliphatic carbocycles. The molecule has 1 fully saturated rings. The zero-order chi connectivity index (χ0) is 22.7. The fourth-order valence-corrected chi connectivity index (χ4v) is 5.22. The number of hydrogen-bond acceptors (Lipinski definition) is 6. The molecule has 1 aromatic heterocycles. The van der Waals surface area contributed by atoms with Crippen molar-refractivity contribution in [2.45, 2.75) is 11.4 Å². The van der Waals surface area contributed by atoms with Crippen LogP contribution >= 0.6 is 22.6 Å². The molecule has 1 saturated heterocycles. The Kier molecular flexibility index (Phi) is 6.76. The van der Waals surface area contributed by atoms with Crippen LogP contribution in [0.3, 0.4) is 0 Å². The number of piperazine rings is 1. The lowest BCUT2D eigenvalue weighted by Gasteiger charge is -2.33. The number of carbonyl (C=O) groups excluding carboxylic acids is 1. The number of benzene rings is 2. The summed E-state index contributed by atoms with van der Waals surface area (Å²) in [6.45, 7) is 1.54. The van der Waals surface area contributed by atoms with Crippen LogP contribution in [0.5, 0.6) is 5.75 Å². The van der Waals surface area contributed by atoms with E-state index in [1.54, 1.807) is 27.9 Å². The first-order chi connectivity index (χ1) is 15.4. The van der Waals surface area contributed by atoms with E-state index in [1.807, 2.05) is 24.3 Å². The first-order valence-corrected chi connectivity index (χ1v) is 12.5. The highest BCUT2D eigenvalue weighted by Crippen LogP contribution is 2.21. The largest absolute Gasteiger partial charge is 0.497 e. The van der Waals surface area contributed by atoms with Crippen molar-refractivity contribution in [3.8, 4) is 5.75 Å². The van der Waals surface area contributed by atoms with Gasteiger partial charge in [0.15, 0.2) is 5.69 Å². The molecule has 1 amide bonds. The van der Waals surface area contributed by atoms with Crippen molar-refractivity contribution < 1.29 is 17.9 Å². The summed E-state index contributed by atoms with van der Waals surface area (Å²) in [6, 6.07) is 14.3. The lowest BCUT2D eigenvalue weighted by atomic mass is 10.2. The number of ether oxygens (including phenoxy) is 1. The molecule has 0 bridgehead atoms. The fourth-order valence-electron chi connectivity index (χ4n) is 3.44. The first kappa shape index (κ1) is 22.7. The van der Waals surface area contributed by atoms with E-state index in [1.165, 1.54) is 23.5 Å². The number of aromatic nitrogens is 3. The predicted octanol–water partition coefficient (Wildman–Crippen LogP) is 2.09. The molecule has 0 spiro atoms. The third-order valence-corrected chi connectivity index (χ3v) is 7.87. The third-order valence-electron chi connectivity index (χ3n) is 5.24. The summed E-state index contributed by atoms with van der Waals surface area (Å²) in [6.07, 6.45) is 1.63. The van der Waals surface area contributed by atoms with Gasteiger partial charge < -0.3 is 9.64 Å². The molecule has 168 valence electrons. The molecule has 2 heterocycles. The van der Waals surface area contributed by atoms with Gasteiger partial charge in [-0.15, -0.1) is 5.10 Å². The van der Waals surface area contributed by atoms with Gasteiger partial charge in [0.25, 0.3) is 5.91 Å². The average molecular weight is 567 g/mol. The average Bonchev–Trinajstić information content (AvgIpc) is 3.28. The summed E-state index contributed by atoms with van der Waals surface area (Å²) in [4.78, 5) is 14.6. The lowest BCUT2D eigenvalue weighted by molar-refractivity contribution is 0.0692. The van der Waals surface area contributed by atoms with Gasteiger partial charge in [-0.3, -0.25) is 4.79 Å². The fraction of sp³-hybridized carbons (Fsp3) is 0.286. The standard InChI is InChI=1S/C21H22IN5O4S/c1-31-18-6-8-19(9-7-18)32(29,30)27-12-10-25(11-13-27)21(28)20-15-26(24-23-20)14-16-2-4-17(22)5-3-16/h2-9,15H,10-14H2,1H3. The number of nitrogens with zero attached hydrogens (tertiary/aromatic N) is 5. The van der Waals surface area contributed by atoms with E-state index in [2.05, 4.69) is 32.9 Å². The Morgan fingerprint density at radius 1 is 1.03 bits per heavy atom. The number of hydrogen-bond donors (Lipinski definition) is 0. The lowest BCUT2D eigenvalue weighted by Crippen LogP contribution is -2.50. The smallest absolute Gasteiger partial charge is 0.276 e. The van der Waals surface area contributed by atoms with E-state index >= 15 is 0 Å². The minimum absolute atomic E-state index is 0.205. The first-order valence-electron chi connectivity index (χ1n) is 9.95. The maximum atomic E-state index is 12.9. The van der Waals surface area contributed by atoms with E-state index in [0.29, 0.717) is 12.3 Å². The van der Waals surface area contributed by atoms with Crippen LogP contribution in [-0.2, 0) is 16.6 Å². The van der Waals surface area contributed by atoms with Crippen molar-refractivity contribution in [3.05, 3.63) is 69.6 Å². The second-order valence-corrected chi connectivity index (χ2v) is 10.5. The van der Waals surface area contributed by atoms with Crippen LogP contribution in [-0.4, -0.2) is 71.8 Å². The highest BCUT2D eigenvalue weighted by molar-refractivity contribution is 14.1. The van der Waals surface area contributed by atoms with Crippen LogP contribution in [0.1, 0.15) is 16.1 Å². The molecule has 0 unspecified atom stereocenters. The number of amides is 1. The summed E-state index contributed by atoms with van der Waals surface area (Å²) in [7, 11) is -2.10. The Morgan fingerprint density at radius 3 is 2.31 bits per heavy atom. The van der Waals surface area contributed by atoms with E-state index in [-0.39, 0.29) is 42.7 Å². The molecule has 1 aliphatic rings. The van der Waals surface area contributed by atoms with Gasteiger partial charge in [-0.25, -0.2) is 13.1 Å². The molecule has 1 aliphatic heterocycles. The number of methoxy groups -OCH3 is 1. The highest BCUT2D eigenvalue weighted by Gasteiger charge is 2.31. The highest BCUT2D eigenvalue weighted by atomic mass is 127. The van der Waals surface area contributed by atoms with Gasteiger partial charge >= 0.3 is 0 Å². The Morgan fingerprint density at radius 2 is 1.69 bits per heavy atom. The van der Waals surface area contributed by atoms with Gasteiger partial charge in [0.1, 0.15) is 5.75 Å². The van der Waals surface area contributed by atoms with Gasteiger partial charge in [0.05, 0.1) is 24.7 Å². The molecule has 4 rings (SSSR count). The summed E-state index contributed by atoms with van der Waals surface area (Å²) in [5.74, 6) is 0.342. The van der Waals surface area contributed by atoms with Gasteiger partial charge in [0, 0.05) is 29.7 Å². The van der Waals surface area contributed by atoms with Gasteiger partial charge in [-0.05, 0) is 64.6 Å². The molecule has 32 heavy (non-hydrogen) atoms. The number of carbonyl (C=O) groups is 1. The maximum absolute atomic E-state index is 12.9. The van der Waals surface area contributed by atoms with Crippen LogP contribution < -0.4 is 4.74 Å². The molecule has 0 atom stereocenters. The van der Waals surface area contributed by atoms with Crippen LogP contribution in [0.4, 0.5) is 0 Å². The van der Waals surface area contributed by atoms with Crippen LogP contribution in [0, 0.1) is 3.57 Å². The van der Waals surface area contributed by atoms with Crippen molar-refractivity contribution in [3.63, 3.8) is 0 Å². The van der Waals surface area contributed by atoms with Crippen LogP contribution in [0.15, 0.2) is 59.6 Å². The van der Waals surface area contributed by atoms with Gasteiger partial charge in [-0.1, -0.05) is 17.3 Å². The molecule has 3 aromatic rings. The number of halogens is 1. The molecule has 9 nitrogen and oxygen atoms in total. The van der Waals surface area contributed by atoms with E-state index < -0.39 is 10.0 Å². The van der Waals surface area contributed by atoms with Crippen molar-refractivity contribution in [1.29, 1.82) is 0 Å². The van der Waals surface area contributed by atoms with Crippen LogP contribution in [0.2, 0.25) is 0 Å². The molecule has 11 heteroatoms. The van der Waals surface area contributed by atoms with E-state index in [4.69, 9.17) is 4.74 Å². The predicted molar refractivity (Wildman–Crippen MR) is 126 cm³/mol. The quantitative estimate of drug-likeness (QED) is 0.424. The summed E-state index contributed by atoms with van der Waals surface area (Å²) >= 11 is 2.25. The SMILES string of the molecule is COc1ccc(S(=O)(=O)N2CCN(C(=O)c3cn(Cc4ccc(I)cc4)nn3)CC2)cc1. The van der Waals surface area contributed by atoms with Gasteiger partial charge in [-0.2, -0.15) is 4.31 Å². The minimum Gasteiger partial charge on any atom is -0.497 e. The summed E-state index contributed by atoms with van der Waals surface area (Å²) in [5, 5.41) is 8.07. The second-order valence-electron chi connectivity index (χ2n) is 7.30. The zero-order valence-corrected chi connectivity index (χ0v) is 20.4. The van der Waals surface area contributed by atoms with Crippen molar-refractivity contribution >= 4 is 38.5 Å². The molecule has 0 saturated carbocycles. The Labute approximate surface area is 200 Å². The summed E-state index contributed by atoms with van der Waals surface area (Å²) in [5.41, 5.74) is 1.31. The summed E-state index contributed by atoms with van der Waals surface area (Å²) < 4.78 is 35.0. The minimum atomic E-state index is -3.63. The second kappa shape index (κ2) is 9.55. The van der Waals surface area contributed by atoms with E-state index in [9.17, 15) is 13.2 Å². The van der Waals surface area contributed by atoms with Crippen molar-refractivity contribution in [2.75, 3.05) is 33.3 Å². The number of sulfonamides is 1. The maximum Gasteiger partial charge on any atom is 0.276 e. The molecule has 0 radical (unpaired) electrons.